The van der Waals surface area contributed by atoms with Gasteiger partial charge in [0, 0.05) is 18.7 Å². The summed E-state index contributed by atoms with van der Waals surface area (Å²) >= 11 is 0. The molecule has 5 nitrogen and oxygen atoms in total. The molecule has 0 unspecified atom stereocenters. The molecule has 0 saturated carbocycles. The van der Waals surface area contributed by atoms with Gasteiger partial charge in [-0.3, -0.25) is 4.79 Å². The number of carbonyl (C=O) groups is 1. The van der Waals surface area contributed by atoms with Gasteiger partial charge in [0.1, 0.15) is 11.5 Å². The highest BCUT2D eigenvalue weighted by atomic mass is 19.3. The topological polar surface area (TPSA) is 66.3 Å². The lowest BCUT2D eigenvalue weighted by Gasteiger charge is -2.30. The van der Waals surface area contributed by atoms with Crippen LogP contribution in [0.25, 0.3) is 11.3 Å². The normalized spacial score (nSPS) is 15.6. The Kier molecular flexibility index (Phi) is 4.87. The molecule has 0 radical (unpaired) electrons. The van der Waals surface area contributed by atoms with E-state index in [2.05, 4.69) is 9.97 Å². The van der Waals surface area contributed by atoms with Crippen LogP contribution in [0.4, 0.5) is 19.1 Å². The molecule has 3 rings (SSSR count). The number of hydrogen-bond acceptors (Lipinski definition) is 4. The number of carboxylic acid groups (broad SMARTS) is 1. The number of benzene rings is 1. The number of alkyl halides is 2. The van der Waals surface area contributed by atoms with E-state index in [1.54, 1.807) is 4.90 Å². The van der Waals surface area contributed by atoms with Crippen molar-refractivity contribution in [1.29, 1.82) is 0 Å². The fourth-order valence-electron chi connectivity index (χ4n) is 2.80. The third-order valence-corrected chi connectivity index (χ3v) is 4.22. The van der Waals surface area contributed by atoms with Crippen LogP contribution >= 0.6 is 0 Å². The molecule has 0 aliphatic carbocycles. The molecule has 1 N–H and O–H groups in total. The van der Waals surface area contributed by atoms with Crippen molar-refractivity contribution in [2.75, 3.05) is 18.0 Å². The number of aliphatic carboxylic acids is 1. The first-order valence-corrected chi connectivity index (χ1v) is 7.85. The standard InChI is InChI=1S/C17H16F3N3O2/c18-12-3-1-10(2-4-12)13-9-14(15(19)20)22-17(21-13)23-7-5-11(6-8-23)16(24)25/h1-4,9,11,15H,5-8H2,(H,24,25). The summed E-state index contributed by atoms with van der Waals surface area (Å²) in [6.45, 7) is 0.763. The first-order chi connectivity index (χ1) is 11.9. The second-order valence-corrected chi connectivity index (χ2v) is 5.89. The highest BCUT2D eigenvalue weighted by molar-refractivity contribution is 5.70. The van der Waals surface area contributed by atoms with Crippen molar-refractivity contribution >= 4 is 11.9 Å². The maximum absolute atomic E-state index is 13.2. The molecule has 1 aromatic carbocycles. The Morgan fingerprint density at radius 2 is 1.80 bits per heavy atom. The van der Waals surface area contributed by atoms with Crippen LogP contribution in [0.3, 0.4) is 0 Å². The monoisotopic (exact) mass is 351 g/mol. The Morgan fingerprint density at radius 3 is 2.36 bits per heavy atom. The van der Waals surface area contributed by atoms with E-state index in [0.717, 1.165) is 0 Å². The summed E-state index contributed by atoms with van der Waals surface area (Å²) in [6, 6.07) is 6.58. The van der Waals surface area contributed by atoms with Crippen LogP contribution in [-0.4, -0.2) is 34.1 Å². The second kappa shape index (κ2) is 7.08. The summed E-state index contributed by atoms with van der Waals surface area (Å²) < 4.78 is 39.5. The van der Waals surface area contributed by atoms with Crippen LogP contribution < -0.4 is 4.90 Å². The van der Waals surface area contributed by atoms with E-state index < -0.39 is 29.8 Å². The average molecular weight is 351 g/mol. The second-order valence-electron chi connectivity index (χ2n) is 5.89. The first-order valence-electron chi connectivity index (χ1n) is 7.85. The molecular formula is C17H16F3N3O2. The number of nitrogens with zero attached hydrogens (tertiary/aromatic N) is 3. The first kappa shape index (κ1) is 17.2. The van der Waals surface area contributed by atoms with Crippen molar-refractivity contribution in [2.45, 2.75) is 19.3 Å². The van der Waals surface area contributed by atoms with Crippen molar-refractivity contribution in [3.63, 3.8) is 0 Å². The number of halogens is 3. The number of piperidine rings is 1. The van der Waals surface area contributed by atoms with Crippen LogP contribution in [0.1, 0.15) is 25.0 Å². The minimum atomic E-state index is -2.77. The Balaban J connectivity index is 1.91. The molecule has 1 saturated heterocycles. The van der Waals surface area contributed by atoms with E-state index in [4.69, 9.17) is 5.11 Å². The summed E-state index contributed by atoms with van der Waals surface area (Å²) in [5.41, 5.74) is 0.373. The predicted molar refractivity (Wildman–Crippen MR) is 85.0 cm³/mol. The lowest BCUT2D eigenvalue weighted by molar-refractivity contribution is -0.142. The lowest BCUT2D eigenvalue weighted by atomic mass is 9.97. The quantitative estimate of drug-likeness (QED) is 0.913. The average Bonchev–Trinajstić information content (AvgIpc) is 2.62. The van der Waals surface area contributed by atoms with Gasteiger partial charge in [-0.2, -0.15) is 0 Å². The summed E-state index contributed by atoms with van der Waals surface area (Å²) in [5, 5.41) is 9.05. The van der Waals surface area contributed by atoms with Crippen molar-refractivity contribution in [1.82, 2.24) is 9.97 Å². The van der Waals surface area contributed by atoms with Gasteiger partial charge < -0.3 is 10.0 Å². The van der Waals surface area contributed by atoms with Crippen LogP contribution in [0, 0.1) is 11.7 Å². The van der Waals surface area contributed by atoms with Crippen molar-refractivity contribution in [3.05, 3.63) is 41.8 Å². The van der Waals surface area contributed by atoms with Gasteiger partial charge in [-0.1, -0.05) is 0 Å². The van der Waals surface area contributed by atoms with Gasteiger partial charge >= 0.3 is 5.97 Å². The summed E-state index contributed by atoms with van der Waals surface area (Å²) in [5.74, 6) is -1.58. The molecule has 2 aromatic rings. The van der Waals surface area contributed by atoms with E-state index in [1.165, 1.54) is 30.3 Å². The zero-order chi connectivity index (χ0) is 18.0. The Morgan fingerprint density at radius 1 is 1.16 bits per heavy atom. The van der Waals surface area contributed by atoms with Crippen molar-refractivity contribution in [2.24, 2.45) is 5.92 Å². The Labute approximate surface area is 142 Å². The maximum Gasteiger partial charge on any atom is 0.306 e. The van der Waals surface area contributed by atoms with E-state index in [-0.39, 0.29) is 11.6 Å². The highest BCUT2D eigenvalue weighted by Crippen LogP contribution is 2.28. The van der Waals surface area contributed by atoms with Crippen LogP contribution in [0.15, 0.2) is 30.3 Å². The minimum absolute atomic E-state index is 0.140. The molecule has 1 fully saturated rings. The predicted octanol–water partition coefficient (Wildman–Crippen LogP) is 3.52. The van der Waals surface area contributed by atoms with Crippen LogP contribution in [0.2, 0.25) is 0 Å². The third kappa shape index (κ3) is 3.89. The molecule has 8 heteroatoms. The van der Waals surface area contributed by atoms with Crippen molar-refractivity contribution < 1.29 is 23.1 Å². The SMILES string of the molecule is O=C(O)C1CCN(c2nc(-c3ccc(F)cc3)cc(C(F)F)n2)CC1. The lowest BCUT2D eigenvalue weighted by Crippen LogP contribution is -2.37. The molecule has 0 amide bonds. The molecule has 0 atom stereocenters. The summed E-state index contributed by atoms with van der Waals surface area (Å²) in [4.78, 5) is 21.0. The fraction of sp³-hybridized carbons (Fsp3) is 0.353. The number of rotatable bonds is 4. The van der Waals surface area contributed by atoms with E-state index in [9.17, 15) is 18.0 Å². The minimum Gasteiger partial charge on any atom is -0.481 e. The molecule has 1 aromatic heterocycles. The molecule has 0 spiro atoms. The highest BCUT2D eigenvalue weighted by Gasteiger charge is 2.26. The molecule has 25 heavy (non-hydrogen) atoms. The van der Waals surface area contributed by atoms with Gasteiger partial charge in [-0.05, 0) is 43.2 Å². The zero-order valence-corrected chi connectivity index (χ0v) is 13.2. The number of hydrogen-bond donors (Lipinski definition) is 1. The smallest absolute Gasteiger partial charge is 0.306 e. The summed E-state index contributed by atoms with van der Waals surface area (Å²) in [7, 11) is 0. The van der Waals surface area contributed by atoms with Gasteiger partial charge in [0.15, 0.2) is 0 Å². The number of anilines is 1. The van der Waals surface area contributed by atoms with E-state index in [0.29, 0.717) is 31.5 Å². The van der Waals surface area contributed by atoms with Gasteiger partial charge in [0.05, 0.1) is 11.6 Å². The third-order valence-electron chi connectivity index (χ3n) is 4.22. The van der Waals surface area contributed by atoms with Crippen molar-refractivity contribution in [3.8, 4) is 11.3 Å². The number of carboxylic acids is 1. The molecule has 1 aliphatic heterocycles. The van der Waals surface area contributed by atoms with Crippen LogP contribution in [-0.2, 0) is 4.79 Å². The molecule has 0 bridgehead atoms. The van der Waals surface area contributed by atoms with Crippen LogP contribution in [0.5, 0.6) is 0 Å². The zero-order valence-electron chi connectivity index (χ0n) is 13.2. The molecule has 1 aliphatic rings. The Hall–Kier alpha value is -2.64. The maximum atomic E-state index is 13.2. The summed E-state index contributed by atoms with van der Waals surface area (Å²) in [6.07, 6.45) is -1.95. The van der Waals surface area contributed by atoms with Gasteiger partial charge in [0.25, 0.3) is 6.43 Å². The van der Waals surface area contributed by atoms with E-state index in [1.807, 2.05) is 0 Å². The largest absolute Gasteiger partial charge is 0.481 e. The van der Waals surface area contributed by atoms with E-state index >= 15 is 0 Å². The molecule has 2 heterocycles. The van der Waals surface area contributed by atoms with Gasteiger partial charge in [0.2, 0.25) is 5.95 Å². The van der Waals surface area contributed by atoms with Gasteiger partial charge in [-0.25, -0.2) is 23.1 Å². The Bertz CT molecular complexity index is 760. The molecular weight excluding hydrogens is 335 g/mol. The number of aromatic nitrogens is 2. The fourth-order valence-corrected chi connectivity index (χ4v) is 2.80. The van der Waals surface area contributed by atoms with Gasteiger partial charge in [-0.15, -0.1) is 0 Å². The molecule has 132 valence electrons.